The molecule has 0 aliphatic heterocycles. The summed E-state index contributed by atoms with van der Waals surface area (Å²) in [5, 5.41) is 2.68. The van der Waals surface area contributed by atoms with Crippen molar-refractivity contribution >= 4 is 33.5 Å². The van der Waals surface area contributed by atoms with Gasteiger partial charge in [0, 0.05) is 10.2 Å². The average Bonchev–Trinajstić information content (AvgIpc) is 2.55. The molecule has 0 heterocycles. The maximum atomic E-state index is 12.1. The third-order valence-electron chi connectivity index (χ3n) is 3.10. The zero-order valence-electron chi connectivity index (χ0n) is 12.7. The molecule has 0 fully saturated rings. The Morgan fingerprint density at radius 2 is 1.74 bits per heavy atom. The average molecular weight is 378 g/mol. The molecule has 0 saturated heterocycles. The van der Waals surface area contributed by atoms with Gasteiger partial charge < -0.3 is 14.8 Å². The third kappa shape index (κ3) is 4.56. The van der Waals surface area contributed by atoms with E-state index in [2.05, 4.69) is 21.2 Å². The second-order valence-electron chi connectivity index (χ2n) is 4.75. The molecular weight excluding hydrogens is 362 g/mol. The van der Waals surface area contributed by atoms with Gasteiger partial charge in [-0.1, -0.05) is 12.1 Å². The zero-order valence-corrected chi connectivity index (χ0v) is 14.3. The van der Waals surface area contributed by atoms with Crippen LogP contribution in [0, 0.1) is 0 Å². The van der Waals surface area contributed by atoms with Crippen molar-refractivity contribution in [2.24, 2.45) is 0 Å². The smallest absolute Gasteiger partial charge is 0.340 e. The molecule has 2 aromatic carbocycles. The summed E-state index contributed by atoms with van der Waals surface area (Å²) in [5.74, 6) is -0.276. The van der Waals surface area contributed by atoms with Gasteiger partial charge in [-0.2, -0.15) is 0 Å². The molecule has 0 aliphatic rings. The number of ether oxygens (including phenoxy) is 2. The molecule has 1 unspecified atom stereocenters. The minimum absolute atomic E-state index is 0.372. The fourth-order valence-electron chi connectivity index (χ4n) is 1.82. The standard InChI is InChI=1S/C17H16BrNO4/c1-11(23-17(21)14-5-3-4-6-15(14)18)16(20)19-12-7-9-13(22-2)10-8-12/h3-11H,1-2H3,(H,19,20). The van der Waals surface area contributed by atoms with E-state index >= 15 is 0 Å². The first-order valence-electron chi connectivity index (χ1n) is 6.91. The number of nitrogens with one attached hydrogen (secondary N) is 1. The predicted octanol–water partition coefficient (Wildman–Crippen LogP) is 3.64. The van der Waals surface area contributed by atoms with E-state index in [9.17, 15) is 9.59 Å². The molecule has 0 spiro atoms. The van der Waals surface area contributed by atoms with Crippen molar-refractivity contribution in [3.63, 3.8) is 0 Å². The van der Waals surface area contributed by atoms with Crippen molar-refractivity contribution in [1.82, 2.24) is 0 Å². The fourth-order valence-corrected chi connectivity index (χ4v) is 2.27. The number of carbonyl (C=O) groups is 2. The molecule has 0 radical (unpaired) electrons. The molecule has 0 bridgehead atoms. The first kappa shape index (κ1) is 17.0. The number of amides is 1. The van der Waals surface area contributed by atoms with Gasteiger partial charge in [0.25, 0.3) is 5.91 Å². The van der Waals surface area contributed by atoms with Gasteiger partial charge in [0.2, 0.25) is 0 Å². The Morgan fingerprint density at radius 1 is 1.09 bits per heavy atom. The zero-order chi connectivity index (χ0) is 16.8. The lowest BCUT2D eigenvalue weighted by molar-refractivity contribution is -0.123. The highest BCUT2D eigenvalue weighted by Crippen LogP contribution is 2.18. The van der Waals surface area contributed by atoms with Crippen molar-refractivity contribution < 1.29 is 19.1 Å². The number of hydrogen-bond acceptors (Lipinski definition) is 4. The van der Waals surface area contributed by atoms with Crippen LogP contribution >= 0.6 is 15.9 Å². The van der Waals surface area contributed by atoms with E-state index in [1.165, 1.54) is 6.92 Å². The Labute approximate surface area is 142 Å². The topological polar surface area (TPSA) is 64.6 Å². The van der Waals surface area contributed by atoms with Crippen molar-refractivity contribution in [3.05, 3.63) is 58.6 Å². The molecule has 5 nitrogen and oxygen atoms in total. The quantitative estimate of drug-likeness (QED) is 0.807. The van der Waals surface area contributed by atoms with E-state index in [-0.39, 0.29) is 0 Å². The molecular formula is C17H16BrNO4. The Balaban J connectivity index is 1.96. The number of methoxy groups -OCH3 is 1. The number of anilines is 1. The van der Waals surface area contributed by atoms with Gasteiger partial charge in [0.15, 0.2) is 6.10 Å². The highest BCUT2D eigenvalue weighted by atomic mass is 79.9. The molecule has 23 heavy (non-hydrogen) atoms. The number of carbonyl (C=O) groups excluding carboxylic acids is 2. The van der Waals surface area contributed by atoms with Crippen LogP contribution in [0.2, 0.25) is 0 Å². The molecule has 120 valence electrons. The third-order valence-corrected chi connectivity index (χ3v) is 3.80. The van der Waals surface area contributed by atoms with Crippen LogP contribution in [0.4, 0.5) is 5.69 Å². The van der Waals surface area contributed by atoms with Gasteiger partial charge in [-0.15, -0.1) is 0 Å². The Bertz CT molecular complexity index is 700. The van der Waals surface area contributed by atoms with E-state index in [0.29, 0.717) is 21.5 Å². The first-order chi connectivity index (χ1) is 11.0. The van der Waals surface area contributed by atoms with Gasteiger partial charge in [-0.3, -0.25) is 4.79 Å². The summed E-state index contributed by atoms with van der Waals surface area (Å²) in [6, 6.07) is 13.8. The summed E-state index contributed by atoms with van der Waals surface area (Å²) in [7, 11) is 1.57. The molecule has 1 amide bonds. The van der Waals surface area contributed by atoms with Crippen LogP contribution < -0.4 is 10.1 Å². The highest BCUT2D eigenvalue weighted by molar-refractivity contribution is 9.10. The minimum Gasteiger partial charge on any atom is -0.497 e. The lowest BCUT2D eigenvalue weighted by atomic mass is 10.2. The van der Waals surface area contributed by atoms with Crippen molar-refractivity contribution in [2.45, 2.75) is 13.0 Å². The number of halogens is 1. The van der Waals surface area contributed by atoms with Crippen molar-refractivity contribution in [2.75, 3.05) is 12.4 Å². The van der Waals surface area contributed by atoms with Crippen LogP contribution in [0.3, 0.4) is 0 Å². The highest BCUT2D eigenvalue weighted by Gasteiger charge is 2.20. The molecule has 0 aromatic heterocycles. The predicted molar refractivity (Wildman–Crippen MR) is 90.6 cm³/mol. The van der Waals surface area contributed by atoms with Gasteiger partial charge >= 0.3 is 5.97 Å². The molecule has 0 aliphatic carbocycles. The number of rotatable bonds is 5. The van der Waals surface area contributed by atoms with Crippen LogP contribution in [-0.4, -0.2) is 25.1 Å². The fraction of sp³-hybridized carbons (Fsp3) is 0.176. The summed E-state index contributed by atoms with van der Waals surface area (Å²) in [6.45, 7) is 1.52. The SMILES string of the molecule is COc1ccc(NC(=O)C(C)OC(=O)c2ccccc2Br)cc1. The largest absolute Gasteiger partial charge is 0.497 e. The monoisotopic (exact) mass is 377 g/mol. The van der Waals surface area contributed by atoms with Crippen LogP contribution in [0.15, 0.2) is 53.0 Å². The lowest BCUT2D eigenvalue weighted by Gasteiger charge is -2.14. The number of esters is 1. The van der Waals surface area contributed by atoms with E-state index in [1.807, 2.05) is 0 Å². The van der Waals surface area contributed by atoms with Gasteiger partial charge in [0.05, 0.1) is 12.7 Å². The van der Waals surface area contributed by atoms with Crippen molar-refractivity contribution in [1.29, 1.82) is 0 Å². The summed E-state index contributed by atoms with van der Waals surface area (Å²) >= 11 is 3.28. The summed E-state index contributed by atoms with van der Waals surface area (Å²) in [6.07, 6.45) is -0.920. The molecule has 1 atom stereocenters. The minimum atomic E-state index is -0.920. The van der Waals surface area contributed by atoms with Crippen LogP contribution in [0.25, 0.3) is 0 Å². The molecule has 6 heteroatoms. The maximum absolute atomic E-state index is 12.1. The summed E-state index contributed by atoms with van der Waals surface area (Å²) < 4.78 is 10.9. The molecule has 1 N–H and O–H groups in total. The lowest BCUT2D eigenvalue weighted by Crippen LogP contribution is -2.30. The molecule has 2 aromatic rings. The van der Waals surface area contributed by atoms with E-state index in [4.69, 9.17) is 9.47 Å². The second kappa shape index (κ2) is 7.78. The van der Waals surface area contributed by atoms with Crippen molar-refractivity contribution in [3.8, 4) is 5.75 Å². The summed E-state index contributed by atoms with van der Waals surface area (Å²) in [4.78, 5) is 24.2. The van der Waals surface area contributed by atoms with Gasteiger partial charge in [0.1, 0.15) is 5.75 Å². The second-order valence-corrected chi connectivity index (χ2v) is 5.60. The van der Waals surface area contributed by atoms with Crippen LogP contribution in [-0.2, 0) is 9.53 Å². The number of hydrogen-bond donors (Lipinski definition) is 1. The Hall–Kier alpha value is -2.34. The Morgan fingerprint density at radius 3 is 2.35 bits per heavy atom. The molecule has 2 rings (SSSR count). The van der Waals surface area contributed by atoms with Crippen LogP contribution in [0.5, 0.6) is 5.75 Å². The maximum Gasteiger partial charge on any atom is 0.340 e. The number of benzene rings is 2. The van der Waals surface area contributed by atoms with E-state index in [0.717, 1.165) is 0 Å². The van der Waals surface area contributed by atoms with E-state index in [1.54, 1.807) is 55.6 Å². The van der Waals surface area contributed by atoms with E-state index < -0.39 is 18.0 Å². The van der Waals surface area contributed by atoms with Crippen LogP contribution in [0.1, 0.15) is 17.3 Å². The summed E-state index contributed by atoms with van der Waals surface area (Å²) in [5.41, 5.74) is 0.969. The Kier molecular flexibility index (Phi) is 5.76. The molecule has 0 saturated carbocycles. The van der Waals surface area contributed by atoms with Gasteiger partial charge in [-0.05, 0) is 59.3 Å². The van der Waals surface area contributed by atoms with Gasteiger partial charge in [-0.25, -0.2) is 4.79 Å². The first-order valence-corrected chi connectivity index (χ1v) is 7.71. The normalized spacial score (nSPS) is 11.4.